The SMILES string of the molecule is c1ccc2c(c1)CC(c1ccc3cc(-c4ccc5c(c4)OCCO5)oc3c1)S2. The molecule has 0 fully saturated rings. The number of ether oxygens (including phenoxy) is 2. The summed E-state index contributed by atoms with van der Waals surface area (Å²) in [7, 11) is 0. The maximum absolute atomic E-state index is 6.22. The normalized spacial score (nSPS) is 17.6. The first-order chi connectivity index (χ1) is 13.8. The van der Waals surface area contributed by atoms with E-state index in [0.717, 1.165) is 40.2 Å². The molecule has 0 amide bonds. The van der Waals surface area contributed by atoms with Crippen LogP contribution in [0.15, 0.2) is 76.0 Å². The lowest BCUT2D eigenvalue weighted by molar-refractivity contribution is 0.171. The van der Waals surface area contributed by atoms with Crippen LogP contribution in [0.3, 0.4) is 0 Å². The molecule has 1 unspecified atom stereocenters. The average Bonchev–Trinajstić information content (AvgIpc) is 3.37. The van der Waals surface area contributed by atoms with E-state index in [1.807, 2.05) is 30.0 Å². The maximum atomic E-state index is 6.22. The second kappa shape index (κ2) is 6.35. The van der Waals surface area contributed by atoms with Crippen molar-refractivity contribution in [1.82, 2.24) is 0 Å². The predicted molar refractivity (Wildman–Crippen MR) is 111 cm³/mol. The fourth-order valence-electron chi connectivity index (χ4n) is 3.95. The molecule has 28 heavy (non-hydrogen) atoms. The Balaban J connectivity index is 1.34. The zero-order chi connectivity index (χ0) is 18.5. The van der Waals surface area contributed by atoms with Crippen molar-refractivity contribution in [3.63, 3.8) is 0 Å². The van der Waals surface area contributed by atoms with Gasteiger partial charge in [0.2, 0.25) is 0 Å². The van der Waals surface area contributed by atoms with Gasteiger partial charge in [-0.1, -0.05) is 30.3 Å². The van der Waals surface area contributed by atoms with E-state index >= 15 is 0 Å². The fraction of sp³-hybridized carbons (Fsp3) is 0.167. The highest BCUT2D eigenvalue weighted by molar-refractivity contribution is 7.99. The lowest BCUT2D eigenvalue weighted by Gasteiger charge is -2.18. The van der Waals surface area contributed by atoms with Crippen LogP contribution in [-0.2, 0) is 6.42 Å². The quantitative estimate of drug-likeness (QED) is 0.407. The monoisotopic (exact) mass is 386 g/mol. The average molecular weight is 386 g/mol. The summed E-state index contributed by atoms with van der Waals surface area (Å²) in [5, 5.41) is 1.57. The Morgan fingerprint density at radius 2 is 1.71 bits per heavy atom. The van der Waals surface area contributed by atoms with E-state index in [9.17, 15) is 0 Å². The van der Waals surface area contributed by atoms with Crippen molar-refractivity contribution in [3.05, 3.63) is 77.9 Å². The van der Waals surface area contributed by atoms with Crippen molar-refractivity contribution in [1.29, 1.82) is 0 Å². The largest absolute Gasteiger partial charge is 0.486 e. The van der Waals surface area contributed by atoms with Gasteiger partial charge in [-0.2, -0.15) is 0 Å². The van der Waals surface area contributed by atoms with Crippen LogP contribution in [-0.4, -0.2) is 13.2 Å². The van der Waals surface area contributed by atoms with Crippen LogP contribution in [0.25, 0.3) is 22.3 Å². The van der Waals surface area contributed by atoms with Gasteiger partial charge < -0.3 is 13.9 Å². The molecule has 0 saturated carbocycles. The summed E-state index contributed by atoms with van der Waals surface area (Å²) >= 11 is 1.94. The van der Waals surface area contributed by atoms with Crippen LogP contribution in [0.2, 0.25) is 0 Å². The third-order valence-electron chi connectivity index (χ3n) is 5.39. The molecule has 4 aromatic rings. The molecule has 0 N–H and O–H groups in total. The van der Waals surface area contributed by atoms with E-state index in [2.05, 4.69) is 48.5 Å². The van der Waals surface area contributed by atoms with Crippen molar-refractivity contribution in [2.45, 2.75) is 16.6 Å². The molecule has 2 aliphatic heterocycles. The molecule has 138 valence electrons. The first kappa shape index (κ1) is 16.1. The summed E-state index contributed by atoms with van der Waals surface area (Å²) in [6, 6.07) is 23.3. The van der Waals surface area contributed by atoms with Crippen LogP contribution in [0.1, 0.15) is 16.4 Å². The zero-order valence-corrected chi connectivity index (χ0v) is 16.0. The molecular formula is C24H18O3S. The molecular weight excluding hydrogens is 368 g/mol. The van der Waals surface area contributed by atoms with Gasteiger partial charge in [-0.05, 0) is 53.9 Å². The molecule has 3 aromatic carbocycles. The van der Waals surface area contributed by atoms with E-state index in [1.54, 1.807) is 0 Å². The molecule has 3 heterocycles. The summed E-state index contributed by atoms with van der Waals surface area (Å²) < 4.78 is 17.5. The summed E-state index contributed by atoms with van der Waals surface area (Å²) in [4.78, 5) is 1.39. The second-order valence-corrected chi connectivity index (χ2v) is 8.43. The molecule has 0 saturated heterocycles. The molecule has 0 aliphatic carbocycles. The standard InChI is InChI=1S/C24H18O3S/c1-2-4-23-17(3-1)14-24(28-23)18-6-5-15-11-20(27-21(15)13-18)16-7-8-19-22(12-16)26-10-9-25-19/h1-8,11-13,24H,9-10,14H2. The minimum absolute atomic E-state index is 0.449. The molecule has 0 spiro atoms. The highest BCUT2D eigenvalue weighted by atomic mass is 32.2. The molecule has 4 heteroatoms. The Hall–Kier alpha value is -2.85. The van der Waals surface area contributed by atoms with Gasteiger partial charge in [0, 0.05) is 21.1 Å². The van der Waals surface area contributed by atoms with E-state index < -0.39 is 0 Å². The van der Waals surface area contributed by atoms with Crippen molar-refractivity contribution >= 4 is 22.7 Å². The lowest BCUT2D eigenvalue weighted by atomic mass is 10.0. The smallest absolute Gasteiger partial charge is 0.162 e. The number of rotatable bonds is 2. The third-order valence-corrected chi connectivity index (χ3v) is 6.77. The van der Waals surface area contributed by atoms with Gasteiger partial charge >= 0.3 is 0 Å². The number of hydrogen-bond donors (Lipinski definition) is 0. The fourth-order valence-corrected chi connectivity index (χ4v) is 5.27. The Bertz CT molecular complexity index is 1170. The summed E-state index contributed by atoms with van der Waals surface area (Å²) in [6.07, 6.45) is 1.07. The van der Waals surface area contributed by atoms with E-state index in [0.29, 0.717) is 18.5 Å². The first-order valence-corrected chi connectivity index (χ1v) is 10.4. The molecule has 1 aromatic heterocycles. The minimum Gasteiger partial charge on any atom is -0.486 e. The van der Waals surface area contributed by atoms with Gasteiger partial charge in [0.25, 0.3) is 0 Å². The molecule has 6 rings (SSSR count). The Labute approximate surface area is 167 Å². The molecule has 1 atom stereocenters. The summed E-state index contributed by atoms with van der Waals surface area (Å²) in [5.41, 5.74) is 4.69. The Morgan fingerprint density at radius 3 is 2.64 bits per heavy atom. The zero-order valence-electron chi connectivity index (χ0n) is 15.2. The lowest BCUT2D eigenvalue weighted by Crippen LogP contribution is -2.15. The minimum atomic E-state index is 0.449. The van der Waals surface area contributed by atoms with E-state index in [4.69, 9.17) is 13.9 Å². The van der Waals surface area contributed by atoms with Gasteiger partial charge in [-0.3, -0.25) is 0 Å². The predicted octanol–water partition coefficient (Wildman–Crippen LogP) is 6.26. The van der Waals surface area contributed by atoms with Crippen LogP contribution in [0, 0.1) is 0 Å². The van der Waals surface area contributed by atoms with Crippen LogP contribution < -0.4 is 9.47 Å². The highest BCUT2D eigenvalue weighted by Crippen LogP contribution is 2.47. The number of fused-ring (bicyclic) bond motifs is 3. The van der Waals surface area contributed by atoms with Crippen LogP contribution in [0.5, 0.6) is 11.5 Å². The van der Waals surface area contributed by atoms with Crippen molar-refractivity contribution in [2.75, 3.05) is 13.2 Å². The molecule has 2 aliphatic rings. The Kier molecular flexibility index (Phi) is 3.66. The number of furan rings is 1. The van der Waals surface area contributed by atoms with E-state index in [1.165, 1.54) is 16.0 Å². The van der Waals surface area contributed by atoms with Crippen molar-refractivity contribution in [3.8, 4) is 22.8 Å². The second-order valence-electron chi connectivity index (χ2n) is 7.18. The van der Waals surface area contributed by atoms with Gasteiger partial charge in [-0.25, -0.2) is 0 Å². The molecule has 3 nitrogen and oxygen atoms in total. The van der Waals surface area contributed by atoms with E-state index in [-0.39, 0.29) is 0 Å². The van der Waals surface area contributed by atoms with Crippen molar-refractivity contribution in [2.24, 2.45) is 0 Å². The van der Waals surface area contributed by atoms with Gasteiger partial charge in [-0.15, -0.1) is 11.8 Å². The molecule has 0 radical (unpaired) electrons. The number of hydrogen-bond acceptors (Lipinski definition) is 4. The number of thioether (sulfide) groups is 1. The highest BCUT2D eigenvalue weighted by Gasteiger charge is 2.24. The van der Waals surface area contributed by atoms with Crippen LogP contribution in [0.4, 0.5) is 0 Å². The summed E-state index contributed by atoms with van der Waals surface area (Å²) in [5.74, 6) is 2.43. The Morgan fingerprint density at radius 1 is 0.821 bits per heavy atom. The topological polar surface area (TPSA) is 31.6 Å². The molecule has 0 bridgehead atoms. The van der Waals surface area contributed by atoms with Gasteiger partial charge in [0.15, 0.2) is 11.5 Å². The third kappa shape index (κ3) is 2.68. The maximum Gasteiger partial charge on any atom is 0.162 e. The van der Waals surface area contributed by atoms with Crippen LogP contribution >= 0.6 is 11.8 Å². The van der Waals surface area contributed by atoms with Gasteiger partial charge in [0.05, 0.1) is 0 Å². The van der Waals surface area contributed by atoms with Gasteiger partial charge in [0.1, 0.15) is 24.6 Å². The number of benzene rings is 3. The first-order valence-electron chi connectivity index (χ1n) is 9.51. The van der Waals surface area contributed by atoms with Crippen molar-refractivity contribution < 1.29 is 13.9 Å². The summed E-state index contributed by atoms with van der Waals surface area (Å²) in [6.45, 7) is 1.18.